The molecule has 0 radical (unpaired) electrons. The predicted molar refractivity (Wildman–Crippen MR) is 95.5 cm³/mol. The third-order valence-electron chi connectivity index (χ3n) is 4.12. The number of nitro groups is 1. The second kappa shape index (κ2) is 7.23. The van der Waals surface area contributed by atoms with Crippen LogP contribution in [0.3, 0.4) is 0 Å². The normalized spacial score (nSPS) is 12.2. The number of hydrogen-bond acceptors (Lipinski definition) is 5. The maximum Gasteiger partial charge on any atom is 0.269 e. The lowest BCUT2D eigenvalue weighted by atomic mass is 10.1. The first kappa shape index (κ1) is 16.8. The summed E-state index contributed by atoms with van der Waals surface area (Å²) < 4.78 is 1.56. The Morgan fingerprint density at radius 1 is 1.24 bits per heavy atom. The highest BCUT2D eigenvalue weighted by molar-refractivity contribution is 5.76. The molecule has 0 saturated heterocycles. The van der Waals surface area contributed by atoms with Crippen LogP contribution in [-0.4, -0.2) is 21.0 Å². The van der Waals surface area contributed by atoms with Crippen molar-refractivity contribution in [2.45, 2.75) is 19.5 Å². The fraction of sp³-hybridized carbons (Fsp3) is 0.222. The molecule has 2 aromatic carbocycles. The zero-order valence-corrected chi connectivity index (χ0v) is 13.8. The number of rotatable bonds is 6. The van der Waals surface area contributed by atoms with E-state index in [4.69, 9.17) is 0 Å². The highest BCUT2D eigenvalue weighted by Gasteiger charge is 2.10. The van der Waals surface area contributed by atoms with Crippen molar-refractivity contribution >= 4 is 16.6 Å². The zero-order chi connectivity index (χ0) is 17.8. The fourth-order valence-electron chi connectivity index (χ4n) is 2.69. The Hall–Kier alpha value is -3.06. The van der Waals surface area contributed by atoms with Gasteiger partial charge in [-0.3, -0.25) is 19.5 Å². The van der Waals surface area contributed by atoms with E-state index >= 15 is 0 Å². The van der Waals surface area contributed by atoms with Gasteiger partial charge >= 0.3 is 0 Å². The van der Waals surface area contributed by atoms with E-state index in [9.17, 15) is 14.9 Å². The van der Waals surface area contributed by atoms with E-state index in [1.54, 1.807) is 29.1 Å². The lowest BCUT2D eigenvalue weighted by Crippen LogP contribution is -2.28. The Balaban J connectivity index is 1.67. The van der Waals surface area contributed by atoms with Gasteiger partial charge in [-0.25, -0.2) is 4.98 Å². The van der Waals surface area contributed by atoms with E-state index in [1.807, 2.05) is 31.2 Å². The van der Waals surface area contributed by atoms with E-state index in [0.717, 1.165) is 5.56 Å². The van der Waals surface area contributed by atoms with Crippen LogP contribution in [0.5, 0.6) is 0 Å². The van der Waals surface area contributed by atoms with Gasteiger partial charge in [0.2, 0.25) is 0 Å². The van der Waals surface area contributed by atoms with Crippen molar-refractivity contribution in [3.63, 3.8) is 0 Å². The summed E-state index contributed by atoms with van der Waals surface area (Å²) in [5.74, 6) is 0. The Kier molecular flexibility index (Phi) is 4.85. The summed E-state index contributed by atoms with van der Waals surface area (Å²) in [6.07, 6.45) is 1.55. The molecule has 7 heteroatoms. The third kappa shape index (κ3) is 3.72. The summed E-state index contributed by atoms with van der Waals surface area (Å²) in [5.41, 5.74) is 1.51. The van der Waals surface area contributed by atoms with Crippen LogP contribution in [0.2, 0.25) is 0 Å². The van der Waals surface area contributed by atoms with Gasteiger partial charge in [0.15, 0.2) is 0 Å². The molecule has 0 fully saturated rings. The average Bonchev–Trinajstić information content (AvgIpc) is 2.64. The molecule has 0 saturated carbocycles. The number of nitrogens with zero attached hydrogens (tertiary/aromatic N) is 3. The minimum atomic E-state index is -0.406. The van der Waals surface area contributed by atoms with Crippen molar-refractivity contribution < 1.29 is 4.92 Å². The van der Waals surface area contributed by atoms with E-state index in [1.165, 1.54) is 6.07 Å². The molecule has 1 aromatic heterocycles. The quantitative estimate of drug-likeness (QED) is 0.551. The number of hydrogen-bond donors (Lipinski definition) is 1. The molecule has 128 valence electrons. The van der Waals surface area contributed by atoms with Gasteiger partial charge in [-0.1, -0.05) is 24.3 Å². The van der Waals surface area contributed by atoms with Crippen LogP contribution in [0.1, 0.15) is 18.5 Å². The van der Waals surface area contributed by atoms with Gasteiger partial charge in [-0.05, 0) is 24.6 Å². The average molecular weight is 338 g/mol. The van der Waals surface area contributed by atoms with E-state index < -0.39 is 4.92 Å². The van der Waals surface area contributed by atoms with Gasteiger partial charge in [0, 0.05) is 31.3 Å². The summed E-state index contributed by atoms with van der Waals surface area (Å²) in [7, 11) is 0. The second-order valence-corrected chi connectivity index (χ2v) is 5.79. The number of aromatic nitrogens is 2. The molecule has 3 rings (SSSR count). The molecule has 1 N–H and O–H groups in total. The fourth-order valence-corrected chi connectivity index (χ4v) is 2.69. The summed E-state index contributed by atoms with van der Waals surface area (Å²) in [6.45, 7) is 2.94. The molecular formula is C18H18N4O3. The molecule has 0 aliphatic rings. The Labute approximate surface area is 144 Å². The van der Waals surface area contributed by atoms with Crippen molar-refractivity contribution in [1.82, 2.24) is 14.9 Å². The second-order valence-electron chi connectivity index (χ2n) is 5.79. The van der Waals surface area contributed by atoms with E-state index in [-0.39, 0.29) is 17.3 Å². The lowest BCUT2D eigenvalue weighted by Gasteiger charge is -2.15. The Morgan fingerprint density at radius 3 is 2.84 bits per heavy atom. The first-order chi connectivity index (χ1) is 12.1. The van der Waals surface area contributed by atoms with Crippen molar-refractivity contribution in [3.05, 3.63) is 80.9 Å². The molecule has 0 aliphatic heterocycles. The van der Waals surface area contributed by atoms with Crippen LogP contribution in [0.4, 0.5) is 5.69 Å². The number of non-ortho nitro benzene ring substituents is 1. The third-order valence-corrected chi connectivity index (χ3v) is 4.12. The van der Waals surface area contributed by atoms with Crippen molar-refractivity contribution in [2.24, 2.45) is 0 Å². The van der Waals surface area contributed by atoms with Crippen molar-refractivity contribution in [2.75, 3.05) is 6.54 Å². The van der Waals surface area contributed by atoms with Crippen LogP contribution in [0.15, 0.2) is 59.7 Å². The van der Waals surface area contributed by atoms with Crippen LogP contribution in [0.25, 0.3) is 10.9 Å². The summed E-state index contributed by atoms with van der Waals surface area (Å²) >= 11 is 0. The molecule has 0 amide bonds. The Morgan fingerprint density at radius 2 is 2.04 bits per heavy atom. The minimum absolute atomic E-state index is 0.0657. The summed E-state index contributed by atoms with van der Waals surface area (Å²) in [4.78, 5) is 27.2. The highest BCUT2D eigenvalue weighted by Crippen LogP contribution is 2.18. The van der Waals surface area contributed by atoms with Crippen LogP contribution in [-0.2, 0) is 6.54 Å². The van der Waals surface area contributed by atoms with E-state index in [2.05, 4.69) is 10.3 Å². The van der Waals surface area contributed by atoms with Gasteiger partial charge < -0.3 is 5.32 Å². The number of nitro benzene ring substituents is 1. The summed E-state index contributed by atoms with van der Waals surface area (Å²) in [5, 5.41) is 14.7. The smallest absolute Gasteiger partial charge is 0.269 e. The molecular weight excluding hydrogens is 320 g/mol. The van der Waals surface area contributed by atoms with Gasteiger partial charge in [0.25, 0.3) is 11.2 Å². The topological polar surface area (TPSA) is 90.1 Å². The molecule has 0 bridgehead atoms. The monoisotopic (exact) mass is 338 g/mol. The van der Waals surface area contributed by atoms with Crippen LogP contribution >= 0.6 is 0 Å². The molecule has 25 heavy (non-hydrogen) atoms. The molecule has 0 aliphatic carbocycles. The van der Waals surface area contributed by atoms with E-state index in [0.29, 0.717) is 24.0 Å². The predicted octanol–water partition coefficient (Wildman–Crippen LogP) is 2.66. The van der Waals surface area contributed by atoms with Gasteiger partial charge in [0.1, 0.15) is 0 Å². The molecule has 1 heterocycles. The Bertz CT molecular complexity index is 968. The van der Waals surface area contributed by atoms with Gasteiger partial charge in [-0.2, -0.15) is 0 Å². The maximum atomic E-state index is 12.4. The number of para-hydroxylation sites is 1. The maximum absolute atomic E-state index is 12.4. The minimum Gasteiger partial charge on any atom is -0.308 e. The molecule has 1 atom stereocenters. The lowest BCUT2D eigenvalue weighted by molar-refractivity contribution is -0.384. The van der Waals surface area contributed by atoms with Crippen molar-refractivity contribution in [3.8, 4) is 0 Å². The molecule has 1 unspecified atom stereocenters. The highest BCUT2D eigenvalue weighted by atomic mass is 16.6. The first-order valence-electron chi connectivity index (χ1n) is 7.98. The van der Waals surface area contributed by atoms with Crippen LogP contribution in [0, 0.1) is 10.1 Å². The largest absolute Gasteiger partial charge is 0.308 e. The number of nitrogens with one attached hydrogen (secondary N) is 1. The first-order valence-corrected chi connectivity index (χ1v) is 7.98. The molecule has 0 spiro atoms. The molecule has 3 aromatic rings. The standard InChI is InChI=1S/C18H18N4O3/c1-13(14-5-4-6-15(11-14)22(24)25)19-9-10-21-12-20-17-8-3-2-7-16(17)18(21)23/h2-8,11-13,19H,9-10H2,1H3. The van der Waals surface area contributed by atoms with Gasteiger partial charge in [0.05, 0.1) is 22.2 Å². The molecule has 7 nitrogen and oxygen atoms in total. The van der Waals surface area contributed by atoms with Crippen LogP contribution < -0.4 is 10.9 Å². The number of benzene rings is 2. The SMILES string of the molecule is CC(NCCn1cnc2ccccc2c1=O)c1cccc([N+](=O)[O-])c1. The summed E-state index contributed by atoms with van der Waals surface area (Å²) in [6, 6.07) is 13.7. The zero-order valence-electron chi connectivity index (χ0n) is 13.8. The number of fused-ring (bicyclic) bond motifs is 1. The van der Waals surface area contributed by atoms with Gasteiger partial charge in [-0.15, -0.1) is 0 Å². The van der Waals surface area contributed by atoms with Crippen molar-refractivity contribution in [1.29, 1.82) is 0 Å².